The third kappa shape index (κ3) is 3.71. The van der Waals surface area contributed by atoms with Crippen molar-refractivity contribution in [3.8, 4) is 0 Å². The van der Waals surface area contributed by atoms with Crippen LogP contribution in [-0.2, 0) is 10.0 Å². The highest BCUT2D eigenvalue weighted by atomic mass is 32.2. The fourth-order valence-electron chi connectivity index (χ4n) is 1.97. The Kier molecular flexibility index (Phi) is 3.68. The minimum absolute atomic E-state index is 0.153. The SMILES string of the molecule is Cc1cc(NS(=O)(=O)CC2CCNCC2)no1. The van der Waals surface area contributed by atoms with Gasteiger partial charge in [-0.1, -0.05) is 5.16 Å². The second kappa shape index (κ2) is 5.05. The number of aromatic nitrogens is 1. The average Bonchev–Trinajstić information content (AvgIpc) is 2.63. The minimum atomic E-state index is -3.32. The number of aryl methyl sites for hydroxylation is 1. The molecule has 0 spiro atoms. The third-order valence-corrected chi connectivity index (χ3v) is 4.23. The van der Waals surface area contributed by atoms with Gasteiger partial charge in [0.1, 0.15) is 5.76 Å². The molecule has 1 aliphatic heterocycles. The van der Waals surface area contributed by atoms with Gasteiger partial charge >= 0.3 is 0 Å². The highest BCUT2D eigenvalue weighted by Gasteiger charge is 2.21. The van der Waals surface area contributed by atoms with Crippen LogP contribution in [0.15, 0.2) is 10.6 Å². The average molecular weight is 259 g/mol. The first-order chi connectivity index (χ1) is 8.05. The number of hydrogen-bond acceptors (Lipinski definition) is 5. The summed E-state index contributed by atoms with van der Waals surface area (Å²) >= 11 is 0. The van der Waals surface area contributed by atoms with Crippen LogP contribution in [-0.4, -0.2) is 32.4 Å². The molecule has 0 aromatic carbocycles. The molecule has 96 valence electrons. The van der Waals surface area contributed by atoms with E-state index in [0.29, 0.717) is 5.76 Å². The van der Waals surface area contributed by atoms with Crippen molar-refractivity contribution in [1.82, 2.24) is 10.5 Å². The zero-order valence-corrected chi connectivity index (χ0v) is 10.6. The van der Waals surface area contributed by atoms with Crippen molar-refractivity contribution in [1.29, 1.82) is 0 Å². The van der Waals surface area contributed by atoms with Gasteiger partial charge in [-0.3, -0.25) is 4.72 Å². The Bertz CT molecular complexity index is 463. The Hall–Kier alpha value is -1.08. The van der Waals surface area contributed by atoms with Crippen LogP contribution in [0.2, 0.25) is 0 Å². The summed E-state index contributed by atoms with van der Waals surface area (Å²) in [7, 11) is -3.32. The molecule has 2 rings (SSSR count). The van der Waals surface area contributed by atoms with E-state index in [1.165, 1.54) is 0 Å². The summed E-state index contributed by atoms with van der Waals surface area (Å²) in [4.78, 5) is 0. The number of nitrogens with zero attached hydrogens (tertiary/aromatic N) is 1. The van der Waals surface area contributed by atoms with E-state index in [1.807, 2.05) is 0 Å². The summed E-state index contributed by atoms with van der Waals surface area (Å²) in [5.41, 5.74) is 0. The van der Waals surface area contributed by atoms with E-state index >= 15 is 0 Å². The highest BCUT2D eigenvalue weighted by molar-refractivity contribution is 7.92. The lowest BCUT2D eigenvalue weighted by atomic mass is 10.0. The van der Waals surface area contributed by atoms with E-state index in [2.05, 4.69) is 15.2 Å². The van der Waals surface area contributed by atoms with E-state index in [9.17, 15) is 8.42 Å². The summed E-state index contributed by atoms with van der Waals surface area (Å²) in [5.74, 6) is 1.23. The molecule has 1 saturated heterocycles. The van der Waals surface area contributed by atoms with E-state index < -0.39 is 10.0 Å². The molecule has 1 aromatic rings. The summed E-state index contributed by atoms with van der Waals surface area (Å²) in [6, 6.07) is 1.57. The number of piperidine rings is 1. The molecular weight excluding hydrogens is 242 g/mol. The largest absolute Gasteiger partial charge is 0.360 e. The van der Waals surface area contributed by atoms with Gasteiger partial charge in [0.15, 0.2) is 5.82 Å². The fourth-order valence-corrected chi connectivity index (χ4v) is 3.43. The van der Waals surface area contributed by atoms with Crippen LogP contribution in [0.1, 0.15) is 18.6 Å². The molecule has 7 heteroatoms. The molecule has 0 atom stereocenters. The van der Waals surface area contributed by atoms with Crippen LogP contribution in [0.25, 0.3) is 0 Å². The van der Waals surface area contributed by atoms with Crippen LogP contribution >= 0.6 is 0 Å². The number of sulfonamides is 1. The molecule has 17 heavy (non-hydrogen) atoms. The quantitative estimate of drug-likeness (QED) is 0.832. The maximum Gasteiger partial charge on any atom is 0.234 e. The van der Waals surface area contributed by atoms with Gasteiger partial charge in [-0.05, 0) is 38.8 Å². The van der Waals surface area contributed by atoms with Crippen molar-refractivity contribution < 1.29 is 12.9 Å². The number of rotatable bonds is 4. The molecule has 2 N–H and O–H groups in total. The first-order valence-corrected chi connectivity index (χ1v) is 7.35. The smallest absolute Gasteiger partial charge is 0.234 e. The Labute approximate surface area is 101 Å². The van der Waals surface area contributed by atoms with Gasteiger partial charge in [0.05, 0.1) is 5.75 Å². The van der Waals surface area contributed by atoms with Gasteiger partial charge in [0, 0.05) is 6.07 Å². The van der Waals surface area contributed by atoms with Gasteiger partial charge in [-0.2, -0.15) is 0 Å². The van der Waals surface area contributed by atoms with Gasteiger partial charge in [-0.15, -0.1) is 0 Å². The maximum absolute atomic E-state index is 11.9. The monoisotopic (exact) mass is 259 g/mol. The lowest BCUT2D eigenvalue weighted by Crippen LogP contribution is -2.33. The van der Waals surface area contributed by atoms with Gasteiger partial charge < -0.3 is 9.84 Å². The van der Waals surface area contributed by atoms with Crippen molar-refractivity contribution in [3.63, 3.8) is 0 Å². The van der Waals surface area contributed by atoms with Gasteiger partial charge in [0.25, 0.3) is 0 Å². The topological polar surface area (TPSA) is 84.2 Å². The second-order valence-electron chi connectivity index (χ2n) is 4.40. The normalized spacial score (nSPS) is 18.2. The van der Waals surface area contributed by atoms with Crippen LogP contribution in [0.3, 0.4) is 0 Å². The standard InChI is InChI=1S/C10H17N3O3S/c1-8-6-10(12-16-8)13-17(14,15)7-9-2-4-11-5-3-9/h6,9,11H,2-5,7H2,1H3,(H,12,13). The van der Waals surface area contributed by atoms with Crippen LogP contribution in [0.4, 0.5) is 5.82 Å². The first-order valence-electron chi connectivity index (χ1n) is 5.70. The molecule has 0 radical (unpaired) electrons. The van der Waals surface area contributed by atoms with E-state index in [4.69, 9.17) is 4.52 Å². The molecule has 1 aliphatic rings. The van der Waals surface area contributed by atoms with Crippen molar-refractivity contribution in [2.24, 2.45) is 5.92 Å². The number of anilines is 1. The Morgan fingerprint density at radius 3 is 2.82 bits per heavy atom. The van der Waals surface area contributed by atoms with Crippen LogP contribution in [0, 0.1) is 12.8 Å². The molecular formula is C10H17N3O3S. The molecule has 0 amide bonds. The maximum atomic E-state index is 11.9. The number of hydrogen-bond donors (Lipinski definition) is 2. The summed E-state index contributed by atoms with van der Waals surface area (Å²) in [5, 5.41) is 6.83. The van der Waals surface area contributed by atoms with Crippen molar-refractivity contribution >= 4 is 15.8 Å². The lowest BCUT2D eigenvalue weighted by molar-refractivity contribution is 0.398. The lowest BCUT2D eigenvalue weighted by Gasteiger charge is -2.22. The van der Waals surface area contributed by atoms with E-state index in [-0.39, 0.29) is 17.5 Å². The van der Waals surface area contributed by atoms with E-state index in [1.54, 1.807) is 13.0 Å². The Balaban J connectivity index is 1.94. The highest BCUT2D eigenvalue weighted by Crippen LogP contribution is 2.16. The summed E-state index contributed by atoms with van der Waals surface area (Å²) < 4.78 is 31.0. The molecule has 6 nitrogen and oxygen atoms in total. The fraction of sp³-hybridized carbons (Fsp3) is 0.700. The van der Waals surface area contributed by atoms with Crippen molar-refractivity contribution in [2.45, 2.75) is 19.8 Å². The molecule has 2 heterocycles. The predicted molar refractivity (Wildman–Crippen MR) is 64.2 cm³/mol. The van der Waals surface area contributed by atoms with Crippen molar-refractivity contribution in [2.75, 3.05) is 23.6 Å². The van der Waals surface area contributed by atoms with Crippen LogP contribution < -0.4 is 10.0 Å². The molecule has 0 saturated carbocycles. The zero-order valence-electron chi connectivity index (χ0n) is 9.77. The number of nitrogens with one attached hydrogen (secondary N) is 2. The minimum Gasteiger partial charge on any atom is -0.360 e. The van der Waals surface area contributed by atoms with Crippen LogP contribution in [0.5, 0.6) is 0 Å². The molecule has 1 aromatic heterocycles. The van der Waals surface area contributed by atoms with E-state index in [0.717, 1.165) is 25.9 Å². The Morgan fingerprint density at radius 2 is 2.24 bits per heavy atom. The molecule has 0 aliphatic carbocycles. The molecule has 1 fully saturated rings. The zero-order chi connectivity index (χ0) is 12.3. The predicted octanol–water partition coefficient (Wildman–Crippen LogP) is 0.724. The summed E-state index contributed by atoms with van der Waals surface area (Å²) in [6.07, 6.45) is 1.80. The van der Waals surface area contributed by atoms with Crippen molar-refractivity contribution in [3.05, 3.63) is 11.8 Å². The van der Waals surface area contributed by atoms with Gasteiger partial charge in [0.2, 0.25) is 10.0 Å². The first kappa shape index (κ1) is 12.4. The third-order valence-electron chi connectivity index (χ3n) is 2.80. The molecule has 0 bridgehead atoms. The molecule has 0 unspecified atom stereocenters. The summed E-state index contributed by atoms with van der Waals surface area (Å²) in [6.45, 7) is 3.50. The second-order valence-corrected chi connectivity index (χ2v) is 6.17. The van der Waals surface area contributed by atoms with Gasteiger partial charge in [-0.25, -0.2) is 8.42 Å². The Morgan fingerprint density at radius 1 is 1.53 bits per heavy atom.